The van der Waals surface area contributed by atoms with Crippen molar-refractivity contribution in [1.82, 2.24) is 15.5 Å². The molecule has 2 saturated heterocycles. The molecule has 3 atom stereocenters. The van der Waals surface area contributed by atoms with Crippen molar-refractivity contribution in [3.05, 3.63) is 0 Å². The molecule has 6 nitrogen and oxygen atoms in total. The van der Waals surface area contributed by atoms with Crippen LogP contribution in [0.5, 0.6) is 0 Å². The predicted molar refractivity (Wildman–Crippen MR) is 61.4 cm³/mol. The van der Waals surface area contributed by atoms with Gasteiger partial charge in [0.2, 0.25) is 11.8 Å². The summed E-state index contributed by atoms with van der Waals surface area (Å²) in [5, 5.41) is 5.63. The molecule has 0 aliphatic carbocycles. The van der Waals surface area contributed by atoms with Gasteiger partial charge in [0, 0.05) is 20.2 Å². The van der Waals surface area contributed by atoms with Crippen LogP contribution in [-0.4, -0.2) is 61.6 Å². The molecular formula is C11H19N3O3. The lowest BCUT2D eigenvalue weighted by Gasteiger charge is -2.32. The maximum absolute atomic E-state index is 12.2. The topological polar surface area (TPSA) is 70.7 Å². The molecule has 0 aromatic rings. The number of nitrogens with one attached hydrogen (secondary N) is 2. The Morgan fingerprint density at radius 1 is 1.53 bits per heavy atom. The standard InChI is InChI=1S/C11H19N3O3/c1-7-9(3-4-17-7)14(2)11(16)8-5-13-10(15)6-12-8/h7-9,12H,3-6H2,1-2H3,(H,13,15). The van der Waals surface area contributed by atoms with Crippen molar-refractivity contribution in [2.75, 3.05) is 26.7 Å². The highest BCUT2D eigenvalue weighted by atomic mass is 16.5. The molecule has 2 aliphatic heterocycles. The first-order valence-corrected chi connectivity index (χ1v) is 5.98. The van der Waals surface area contributed by atoms with Crippen LogP contribution in [0.15, 0.2) is 0 Å². The lowest BCUT2D eigenvalue weighted by atomic mass is 10.1. The number of carbonyl (C=O) groups excluding carboxylic acids is 2. The number of carbonyl (C=O) groups is 2. The molecule has 0 bridgehead atoms. The molecule has 0 saturated carbocycles. The monoisotopic (exact) mass is 241 g/mol. The Balaban J connectivity index is 1.92. The molecule has 2 aliphatic rings. The van der Waals surface area contributed by atoms with Crippen molar-refractivity contribution in [1.29, 1.82) is 0 Å². The number of nitrogens with zero attached hydrogens (tertiary/aromatic N) is 1. The summed E-state index contributed by atoms with van der Waals surface area (Å²) in [4.78, 5) is 24.9. The molecule has 2 fully saturated rings. The van der Waals surface area contributed by atoms with E-state index in [0.717, 1.165) is 6.42 Å². The zero-order chi connectivity index (χ0) is 12.4. The first-order valence-electron chi connectivity index (χ1n) is 5.98. The average Bonchev–Trinajstić information content (AvgIpc) is 2.74. The first kappa shape index (κ1) is 12.3. The van der Waals surface area contributed by atoms with Gasteiger partial charge in [0.25, 0.3) is 0 Å². The molecule has 2 rings (SSSR count). The van der Waals surface area contributed by atoms with E-state index in [9.17, 15) is 9.59 Å². The molecule has 2 N–H and O–H groups in total. The van der Waals surface area contributed by atoms with Gasteiger partial charge in [0.1, 0.15) is 6.04 Å². The predicted octanol–water partition coefficient (Wildman–Crippen LogP) is -1.29. The van der Waals surface area contributed by atoms with E-state index in [1.165, 1.54) is 0 Å². The Hall–Kier alpha value is -1.14. The molecule has 3 unspecified atom stereocenters. The van der Waals surface area contributed by atoms with E-state index >= 15 is 0 Å². The minimum atomic E-state index is -0.314. The lowest BCUT2D eigenvalue weighted by Crippen LogP contribution is -2.59. The van der Waals surface area contributed by atoms with Crippen LogP contribution in [0.3, 0.4) is 0 Å². The van der Waals surface area contributed by atoms with Crippen LogP contribution < -0.4 is 10.6 Å². The third-order valence-corrected chi connectivity index (χ3v) is 3.49. The highest BCUT2D eigenvalue weighted by molar-refractivity contribution is 5.86. The summed E-state index contributed by atoms with van der Waals surface area (Å²) in [5.74, 6) is -0.0402. The minimum absolute atomic E-state index is 0.0207. The van der Waals surface area contributed by atoms with Gasteiger partial charge >= 0.3 is 0 Å². The number of likely N-dealkylation sites (N-methyl/N-ethyl adjacent to an activating group) is 1. The van der Waals surface area contributed by atoms with E-state index in [2.05, 4.69) is 10.6 Å². The highest BCUT2D eigenvalue weighted by Crippen LogP contribution is 2.18. The van der Waals surface area contributed by atoms with Gasteiger partial charge in [-0.05, 0) is 13.3 Å². The molecule has 0 aromatic carbocycles. The molecule has 96 valence electrons. The van der Waals surface area contributed by atoms with Gasteiger partial charge in [-0.1, -0.05) is 0 Å². The SMILES string of the molecule is CC1OCCC1N(C)C(=O)C1CNC(=O)CN1. The van der Waals surface area contributed by atoms with Gasteiger partial charge in [-0.25, -0.2) is 0 Å². The zero-order valence-electron chi connectivity index (χ0n) is 10.2. The second-order valence-electron chi connectivity index (χ2n) is 4.62. The van der Waals surface area contributed by atoms with E-state index in [4.69, 9.17) is 4.74 Å². The fraction of sp³-hybridized carbons (Fsp3) is 0.818. The highest BCUT2D eigenvalue weighted by Gasteiger charge is 2.34. The third kappa shape index (κ3) is 2.58. The number of rotatable bonds is 2. The van der Waals surface area contributed by atoms with Gasteiger partial charge in [0.15, 0.2) is 0 Å². The largest absolute Gasteiger partial charge is 0.376 e. The number of piperazine rings is 1. The van der Waals surface area contributed by atoms with Crippen LogP contribution in [0.25, 0.3) is 0 Å². The fourth-order valence-electron chi connectivity index (χ4n) is 2.38. The average molecular weight is 241 g/mol. The molecular weight excluding hydrogens is 222 g/mol. The fourth-order valence-corrected chi connectivity index (χ4v) is 2.38. The van der Waals surface area contributed by atoms with Crippen molar-refractivity contribution in [2.45, 2.75) is 31.5 Å². The van der Waals surface area contributed by atoms with Crippen molar-refractivity contribution < 1.29 is 14.3 Å². The van der Waals surface area contributed by atoms with Gasteiger partial charge in [-0.15, -0.1) is 0 Å². The lowest BCUT2D eigenvalue weighted by molar-refractivity contribution is -0.136. The minimum Gasteiger partial charge on any atom is -0.376 e. The van der Waals surface area contributed by atoms with Crippen molar-refractivity contribution >= 4 is 11.8 Å². The molecule has 6 heteroatoms. The first-order chi connectivity index (χ1) is 8.09. The Morgan fingerprint density at radius 2 is 2.29 bits per heavy atom. The van der Waals surface area contributed by atoms with Crippen LogP contribution in [0, 0.1) is 0 Å². The van der Waals surface area contributed by atoms with Crippen molar-refractivity contribution in [3.8, 4) is 0 Å². The van der Waals surface area contributed by atoms with E-state index in [1.807, 2.05) is 6.92 Å². The van der Waals surface area contributed by atoms with Crippen LogP contribution in [-0.2, 0) is 14.3 Å². The van der Waals surface area contributed by atoms with Gasteiger partial charge < -0.3 is 15.0 Å². The van der Waals surface area contributed by atoms with Crippen LogP contribution in [0.2, 0.25) is 0 Å². The summed E-state index contributed by atoms with van der Waals surface area (Å²) < 4.78 is 5.46. The Bertz CT molecular complexity index is 311. The summed E-state index contributed by atoms with van der Waals surface area (Å²) in [6, 6.07) is -0.174. The molecule has 0 radical (unpaired) electrons. The smallest absolute Gasteiger partial charge is 0.241 e. The second-order valence-corrected chi connectivity index (χ2v) is 4.62. The van der Waals surface area contributed by atoms with Crippen molar-refractivity contribution in [2.24, 2.45) is 0 Å². The van der Waals surface area contributed by atoms with E-state index in [0.29, 0.717) is 13.2 Å². The Kier molecular flexibility index (Phi) is 3.63. The molecule has 17 heavy (non-hydrogen) atoms. The maximum atomic E-state index is 12.2. The maximum Gasteiger partial charge on any atom is 0.241 e. The molecule has 2 amide bonds. The van der Waals surface area contributed by atoms with Gasteiger partial charge in [-0.2, -0.15) is 0 Å². The van der Waals surface area contributed by atoms with Crippen LogP contribution in [0.4, 0.5) is 0 Å². The van der Waals surface area contributed by atoms with E-state index in [-0.39, 0.29) is 36.5 Å². The number of ether oxygens (including phenoxy) is 1. The summed E-state index contributed by atoms with van der Waals surface area (Å²) in [6.45, 7) is 3.26. The van der Waals surface area contributed by atoms with Crippen molar-refractivity contribution in [3.63, 3.8) is 0 Å². The van der Waals surface area contributed by atoms with E-state index < -0.39 is 0 Å². The van der Waals surface area contributed by atoms with Gasteiger partial charge in [0.05, 0.1) is 18.7 Å². The number of hydrogen-bond acceptors (Lipinski definition) is 4. The number of hydrogen-bond donors (Lipinski definition) is 2. The zero-order valence-corrected chi connectivity index (χ0v) is 10.2. The normalized spacial score (nSPS) is 33.3. The Labute approximate surface area is 101 Å². The number of amides is 2. The van der Waals surface area contributed by atoms with Crippen LogP contribution in [0.1, 0.15) is 13.3 Å². The van der Waals surface area contributed by atoms with Gasteiger partial charge in [-0.3, -0.25) is 14.9 Å². The Morgan fingerprint density at radius 3 is 2.82 bits per heavy atom. The van der Waals surface area contributed by atoms with Crippen LogP contribution >= 0.6 is 0 Å². The molecule has 0 aromatic heterocycles. The molecule has 2 heterocycles. The van der Waals surface area contributed by atoms with E-state index in [1.54, 1.807) is 11.9 Å². The summed E-state index contributed by atoms with van der Waals surface area (Å²) in [5.41, 5.74) is 0. The second kappa shape index (κ2) is 5.01. The quantitative estimate of drug-likeness (QED) is 0.631. The summed E-state index contributed by atoms with van der Waals surface area (Å²) in [6.07, 6.45) is 0.963. The summed E-state index contributed by atoms with van der Waals surface area (Å²) in [7, 11) is 1.80. The third-order valence-electron chi connectivity index (χ3n) is 3.49. The molecule has 0 spiro atoms. The summed E-state index contributed by atoms with van der Waals surface area (Å²) >= 11 is 0.